The Balaban J connectivity index is 2.21. The van der Waals surface area contributed by atoms with E-state index in [9.17, 15) is 9.59 Å². The van der Waals surface area contributed by atoms with Crippen LogP contribution in [0.1, 0.15) is 6.42 Å². The average Bonchev–Trinajstić information content (AvgIpc) is 2.44. The van der Waals surface area contributed by atoms with Crippen molar-refractivity contribution < 1.29 is 28.5 Å². The lowest BCUT2D eigenvalue weighted by Crippen LogP contribution is -2.47. The molecule has 1 fully saturated rings. The molecule has 2 rings (SSSR count). The average molecular weight is 270 g/mol. The molecule has 0 saturated carbocycles. The van der Waals surface area contributed by atoms with Crippen molar-refractivity contribution in [3.63, 3.8) is 0 Å². The van der Waals surface area contributed by atoms with Crippen molar-refractivity contribution in [2.24, 2.45) is 17.8 Å². The Bertz CT molecular complexity index is 377. The van der Waals surface area contributed by atoms with Gasteiger partial charge in [0.05, 0.1) is 31.7 Å². The topological polar surface area (TPSA) is 71.1 Å². The van der Waals surface area contributed by atoms with Crippen molar-refractivity contribution in [1.29, 1.82) is 0 Å². The Kier molecular flexibility index (Phi) is 4.55. The second-order valence-electron chi connectivity index (χ2n) is 4.62. The molecular formula is C13H18O6. The van der Waals surface area contributed by atoms with Gasteiger partial charge >= 0.3 is 11.9 Å². The summed E-state index contributed by atoms with van der Waals surface area (Å²) in [6.07, 6.45) is 3.69. The van der Waals surface area contributed by atoms with Crippen LogP contribution in [0.3, 0.4) is 0 Å². The number of methoxy groups -OCH3 is 2. The fourth-order valence-corrected chi connectivity index (χ4v) is 2.71. The highest BCUT2D eigenvalue weighted by atomic mass is 16.7. The van der Waals surface area contributed by atoms with Crippen molar-refractivity contribution in [3.05, 3.63) is 12.2 Å². The summed E-state index contributed by atoms with van der Waals surface area (Å²) < 4.78 is 20.2. The minimum absolute atomic E-state index is 0.0917. The number of cyclic esters (lactones) is 1. The van der Waals surface area contributed by atoms with Gasteiger partial charge in [0.15, 0.2) is 0 Å². The van der Waals surface area contributed by atoms with Crippen molar-refractivity contribution in [2.75, 3.05) is 27.6 Å². The van der Waals surface area contributed by atoms with Crippen LogP contribution in [0.4, 0.5) is 0 Å². The molecule has 1 heterocycles. The molecule has 2 aliphatic rings. The zero-order valence-corrected chi connectivity index (χ0v) is 11.0. The molecule has 1 aliphatic carbocycles. The van der Waals surface area contributed by atoms with Gasteiger partial charge in [-0.1, -0.05) is 12.2 Å². The summed E-state index contributed by atoms with van der Waals surface area (Å²) in [5.74, 6) is -1.68. The molecule has 6 heteroatoms. The lowest BCUT2D eigenvalue weighted by atomic mass is 9.71. The third kappa shape index (κ3) is 2.79. The van der Waals surface area contributed by atoms with Crippen LogP contribution >= 0.6 is 0 Å². The van der Waals surface area contributed by atoms with Gasteiger partial charge in [0.25, 0.3) is 0 Å². The zero-order valence-electron chi connectivity index (χ0n) is 11.0. The van der Waals surface area contributed by atoms with Crippen LogP contribution in [0.25, 0.3) is 0 Å². The molecule has 1 aliphatic heterocycles. The summed E-state index contributed by atoms with van der Waals surface area (Å²) in [7, 11) is 2.86. The van der Waals surface area contributed by atoms with Crippen LogP contribution in [0, 0.1) is 17.8 Å². The fourth-order valence-electron chi connectivity index (χ4n) is 2.71. The molecule has 0 aromatic carbocycles. The largest absolute Gasteiger partial charge is 0.469 e. The molecule has 0 radical (unpaired) electrons. The fraction of sp³-hybridized carbons (Fsp3) is 0.692. The highest BCUT2D eigenvalue weighted by molar-refractivity contribution is 5.80. The molecule has 0 N–H and O–H groups in total. The lowest BCUT2D eigenvalue weighted by Gasteiger charge is -2.39. The smallest absolute Gasteiger partial charge is 0.312 e. The van der Waals surface area contributed by atoms with E-state index in [1.807, 2.05) is 0 Å². The maximum atomic E-state index is 11.9. The second-order valence-corrected chi connectivity index (χ2v) is 4.62. The maximum absolute atomic E-state index is 11.9. The molecule has 1 saturated heterocycles. The predicted molar refractivity (Wildman–Crippen MR) is 64.0 cm³/mol. The lowest BCUT2D eigenvalue weighted by molar-refractivity contribution is -0.173. The normalized spacial score (nSPS) is 33.5. The van der Waals surface area contributed by atoms with Crippen LogP contribution in [0.5, 0.6) is 0 Å². The van der Waals surface area contributed by atoms with E-state index in [1.54, 1.807) is 12.2 Å². The number of esters is 2. The first kappa shape index (κ1) is 14.0. The van der Waals surface area contributed by atoms with Crippen LogP contribution < -0.4 is 0 Å². The Hall–Kier alpha value is -1.40. The highest BCUT2D eigenvalue weighted by Crippen LogP contribution is 2.38. The maximum Gasteiger partial charge on any atom is 0.312 e. The van der Waals surface area contributed by atoms with Gasteiger partial charge < -0.3 is 18.9 Å². The number of carbonyl (C=O) groups excluding carboxylic acids is 2. The van der Waals surface area contributed by atoms with E-state index >= 15 is 0 Å². The molecule has 0 aromatic rings. The van der Waals surface area contributed by atoms with Gasteiger partial charge in [-0.05, 0) is 12.3 Å². The van der Waals surface area contributed by atoms with E-state index in [2.05, 4.69) is 0 Å². The molecule has 106 valence electrons. The van der Waals surface area contributed by atoms with Gasteiger partial charge in [-0.25, -0.2) is 0 Å². The molecule has 19 heavy (non-hydrogen) atoms. The Morgan fingerprint density at radius 1 is 1.42 bits per heavy atom. The number of hydrogen-bond acceptors (Lipinski definition) is 6. The number of rotatable bonds is 4. The zero-order chi connectivity index (χ0) is 13.8. The summed E-state index contributed by atoms with van der Waals surface area (Å²) in [6, 6.07) is 0. The van der Waals surface area contributed by atoms with Gasteiger partial charge in [-0.3, -0.25) is 9.59 Å². The summed E-state index contributed by atoms with van der Waals surface area (Å²) >= 11 is 0. The van der Waals surface area contributed by atoms with Crippen molar-refractivity contribution in [2.45, 2.75) is 12.5 Å². The first-order chi connectivity index (χ1) is 9.19. The van der Waals surface area contributed by atoms with Crippen molar-refractivity contribution in [1.82, 2.24) is 0 Å². The quantitative estimate of drug-likeness (QED) is 0.421. The van der Waals surface area contributed by atoms with E-state index in [-0.39, 0.29) is 24.6 Å². The van der Waals surface area contributed by atoms with Crippen molar-refractivity contribution >= 4 is 11.9 Å². The van der Waals surface area contributed by atoms with Crippen LogP contribution in [0.2, 0.25) is 0 Å². The molecule has 0 bridgehead atoms. The Morgan fingerprint density at radius 2 is 2.21 bits per heavy atom. The molecule has 4 atom stereocenters. The summed E-state index contributed by atoms with van der Waals surface area (Å²) in [4.78, 5) is 23.7. The standard InChI is InChI=1S/C13H18O6/c1-16-7-19-10-4-3-9(12(14)17-2)8-5-6-18-13(15)11(8)10/h3-4,8-11H,5-7H2,1-2H3/t8-,9-,10+,11-/m1/s1. The van der Waals surface area contributed by atoms with Crippen LogP contribution in [-0.2, 0) is 28.5 Å². The van der Waals surface area contributed by atoms with E-state index < -0.39 is 17.9 Å². The molecule has 0 aromatic heterocycles. The van der Waals surface area contributed by atoms with Gasteiger partial charge in [-0.15, -0.1) is 0 Å². The first-order valence-corrected chi connectivity index (χ1v) is 6.22. The third-order valence-corrected chi connectivity index (χ3v) is 3.60. The van der Waals surface area contributed by atoms with Gasteiger partial charge in [0.1, 0.15) is 6.79 Å². The van der Waals surface area contributed by atoms with Crippen molar-refractivity contribution in [3.8, 4) is 0 Å². The van der Waals surface area contributed by atoms with E-state index in [0.717, 1.165) is 0 Å². The van der Waals surface area contributed by atoms with Crippen LogP contribution in [0.15, 0.2) is 12.2 Å². The SMILES string of the molecule is COCO[C@H]1C=C[C@@H](C(=O)OC)[C@H]2CCOC(=O)[C@H]21. The predicted octanol–water partition coefficient (Wildman–Crippen LogP) is 0.514. The van der Waals surface area contributed by atoms with Gasteiger partial charge in [0.2, 0.25) is 0 Å². The van der Waals surface area contributed by atoms with Gasteiger partial charge in [-0.2, -0.15) is 0 Å². The van der Waals surface area contributed by atoms with Gasteiger partial charge in [0, 0.05) is 7.11 Å². The minimum Gasteiger partial charge on any atom is -0.469 e. The summed E-state index contributed by atoms with van der Waals surface area (Å²) in [5.41, 5.74) is 0. The summed E-state index contributed by atoms with van der Waals surface area (Å²) in [6.45, 7) is 0.423. The molecule has 0 unspecified atom stereocenters. The van der Waals surface area contributed by atoms with E-state index in [1.165, 1.54) is 14.2 Å². The number of hydrogen-bond donors (Lipinski definition) is 0. The number of ether oxygens (including phenoxy) is 4. The van der Waals surface area contributed by atoms with E-state index in [4.69, 9.17) is 18.9 Å². The third-order valence-electron chi connectivity index (χ3n) is 3.60. The Labute approximate surface area is 111 Å². The van der Waals surface area contributed by atoms with E-state index in [0.29, 0.717) is 13.0 Å². The van der Waals surface area contributed by atoms with Crippen LogP contribution in [-0.4, -0.2) is 45.7 Å². The molecule has 0 amide bonds. The number of carbonyl (C=O) groups is 2. The first-order valence-electron chi connectivity index (χ1n) is 6.22. The monoisotopic (exact) mass is 270 g/mol. The second kappa shape index (κ2) is 6.16. The minimum atomic E-state index is -0.474. The Morgan fingerprint density at radius 3 is 2.89 bits per heavy atom. The molecule has 0 spiro atoms. The number of fused-ring (bicyclic) bond motifs is 1. The highest BCUT2D eigenvalue weighted by Gasteiger charge is 2.47. The summed E-state index contributed by atoms with van der Waals surface area (Å²) in [5, 5.41) is 0. The molecule has 6 nitrogen and oxygen atoms in total. The molecular weight excluding hydrogens is 252 g/mol.